The molecular formula is C10H21NO3. The van der Waals surface area contributed by atoms with Crippen LogP contribution < -0.4 is 0 Å². The number of hydrogen-bond acceptors (Lipinski definition) is 4. The van der Waals surface area contributed by atoms with Crippen molar-refractivity contribution in [3.8, 4) is 0 Å². The number of aliphatic hydroxyl groups is 1. The van der Waals surface area contributed by atoms with E-state index in [0.29, 0.717) is 19.6 Å². The maximum Gasteiger partial charge on any atom is 0.320 e. The summed E-state index contributed by atoms with van der Waals surface area (Å²) in [6, 6.07) is 0. The Balaban J connectivity index is 3.83. The molecule has 0 aliphatic rings. The van der Waals surface area contributed by atoms with Gasteiger partial charge in [0.2, 0.25) is 0 Å². The van der Waals surface area contributed by atoms with Gasteiger partial charge in [-0.15, -0.1) is 0 Å². The lowest BCUT2D eigenvalue weighted by atomic mass is 10.2. The summed E-state index contributed by atoms with van der Waals surface area (Å²) in [5, 5.41) is 9.41. The Morgan fingerprint density at radius 1 is 1.43 bits per heavy atom. The summed E-state index contributed by atoms with van der Waals surface area (Å²) in [5.74, 6) is -0.224. The summed E-state index contributed by atoms with van der Waals surface area (Å²) in [4.78, 5) is 13.0. The van der Waals surface area contributed by atoms with Crippen LogP contribution >= 0.6 is 0 Å². The monoisotopic (exact) mass is 203 g/mol. The largest absolute Gasteiger partial charge is 0.465 e. The normalized spacial score (nSPS) is 12.9. The maximum atomic E-state index is 11.1. The van der Waals surface area contributed by atoms with Crippen LogP contribution in [0.15, 0.2) is 0 Å². The Hall–Kier alpha value is -0.610. The van der Waals surface area contributed by atoms with Crippen LogP contribution in [-0.4, -0.2) is 48.3 Å². The van der Waals surface area contributed by atoms with E-state index >= 15 is 0 Å². The first-order valence-corrected chi connectivity index (χ1v) is 5.20. The van der Waals surface area contributed by atoms with E-state index in [0.717, 1.165) is 6.54 Å². The van der Waals surface area contributed by atoms with Gasteiger partial charge in [-0.3, -0.25) is 9.69 Å². The number of aliphatic hydroxyl groups excluding tert-OH is 1. The predicted octanol–water partition coefficient (Wildman–Crippen LogP) is 0.642. The highest BCUT2D eigenvalue weighted by atomic mass is 16.5. The van der Waals surface area contributed by atoms with Crippen molar-refractivity contribution in [3.05, 3.63) is 0 Å². The molecule has 0 amide bonds. The molecule has 0 aliphatic carbocycles. The van der Waals surface area contributed by atoms with Crippen LogP contribution in [0.3, 0.4) is 0 Å². The van der Waals surface area contributed by atoms with Crippen molar-refractivity contribution in [2.45, 2.75) is 33.3 Å². The van der Waals surface area contributed by atoms with E-state index in [1.165, 1.54) is 0 Å². The summed E-state index contributed by atoms with van der Waals surface area (Å²) in [6.45, 7) is 7.62. The zero-order valence-electron chi connectivity index (χ0n) is 9.32. The van der Waals surface area contributed by atoms with Gasteiger partial charge < -0.3 is 9.84 Å². The second kappa shape index (κ2) is 7.76. The number of carbonyl (C=O) groups excluding carboxylic acids is 1. The molecule has 4 nitrogen and oxygen atoms in total. The minimum absolute atomic E-state index is 0.224. The van der Waals surface area contributed by atoms with Gasteiger partial charge in [-0.2, -0.15) is 0 Å². The topological polar surface area (TPSA) is 49.8 Å². The fourth-order valence-corrected chi connectivity index (χ4v) is 1.12. The molecule has 14 heavy (non-hydrogen) atoms. The van der Waals surface area contributed by atoms with Gasteiger partial charge in [0, 0.05) is 6.54 Å². The Kier molecular flexibility index (Phi) is 7.42. The van der Waals surface area contributed by atoms with Gasteiger partial charge in [-0.25, -0.2) is 0 Å². The lowest BCUT2D eigenvalue weighted by Crippen LogP contribution is -2.36. The van der Waals surface area contributed by atoms with Crippen LogP contribution in [0, 0.1) is 0 Å². The fourth-order valence-electron chi connectivity index (χ4n) is 1.12. The molecule has 0 aliphatic heterocycles. The zero-order valence-corrected chi connectivity index (χ0v) is 9.32. The van der Waals surface area contributed by atoms with Crippen molar-refractivity contribution in [3.63, 3.8) is 0 Å². The maximum absolute atomic E-state index is 11.1. The summed E-state index contributed by atoms with van der Waals surface area (Å²) < 4.78 is 4.83. The van der Waals surface area contributed by atoms with Gasteiger partial charge in [0.25, 0.3) is 0 Å². The predicted molar refractivity (Wildman–Crippen MR) is 55.0 cm³/mol. The molecule has 0 aromatic carbocycles. The Labute approximate surface area is 85.9 Å². The van der Waals surface area contributed by atoms with E-state index in [2.05, 4.69) is 0 Å². The Bertz CT molecular complexity index is 161. The van der Waals surface area contributed by atoms with Crippen molar-refractivity contribution < 1.29 is 14.6 Å². The molecule has 0 radical (unpaired) electrons. The van der Waals surface area contributed by atoms with Crippen LogP contribution in [-0.2, 0) is 9.53 Å². The molecule has 0 heterocycles. The van der Waals surface area contributed by atoms with E-state index < -0.39 is 0 Å². The highest BCUT2D eigenvalue weighted by Crippen LogP contribution is 1.96. The Morgan fingerprint density at radius 2 is 2.07 bits per heavy atom. The minimum Gasteiger partial charge on any atom is -0.465 e. The highest BCUT2D eigenvalue weighted by Gasteiger charge is 2.12. The molecule has 0 aromatic rings. The van der Waals surface area contributed by atoms with Crippen LogP contribution in [0.5, 0.6) is 0 Å². The summed E-state index contributed by atoms with van der Waals surface area (Å²) in [6.07, 6.45) is 0.351. The van der Waals surface area contributed by atoms with E-state index in [1.54, 1.807) is 6.92 Å². The van der Waals surface area contributed by atoms with Crippen LogP contribution in [0.4, 0.5) is 0 Å². The summed E-state index contributed by atoms with van der Waals surface area (Å²) >= 11 is 0. The molecule has 4 heteroatoms. The minimum atomic E-state index is -0.357. The number of nitrogens with zero attached hydrogens (tertiary/aromatic N) is 1. The van der Waals surface area contributed by atoms with Gasteiger partial charge >= 0.3 is 5.97 Å². The van der Waals surface area contributed by atoms with E-state index in [-0.39, 0.29) is 18.6 Å². The van der Waals surface area contributed by atoms with E-state index in [4.69, 9.17) is 4.74 Å². The van der Waals surface area contributed by atoms with Crippen molar-refractivity contribution in [2.75, 3.05) is 26.2 Å². The van der Waals surface area contributed by atoms with Crippen molar-refractivity contribution >= 4 is 5.97 Å². The third-order valence-electron chi connectivity index (χ3n) is 2.05. The van der Waals surface area contributed by atoms with Crippen LogP contribution in [0.2, 0.25) is 0 Å². The van der Waals surface area contributed by atoms with E-state index in [1.807, 2.05) is 18.7 Å². The molecule has 0 bridgehead atoms. The van der Waals surface area contributed by atoms with Crippen LogP contribution in [0.1, 0.15) is 27.2 Å². The quantitative estimate of drug-likeness (QED) is 0.617. The van der Waals surface area contributed by atoms with Gasteiger partial charge in [0.1, 0.15) is 0 Å². The second-order valence-electron chi connectivity index (χ2n) is 3.19. The molecule has 0 rings (SSSR count). The summed E-state index contributed by atoms with van der Waals surface area (Å²) in [5.41, 5.74) is 0. The van der Waals surface area contributed by atoms with Crippen molar-refractivity contribution in [2.24, 2.45) is 0 Å². The van der Waals surface area contributed by atoms with Gasteiger partial charge in [-0.05, 0) is 19.9 Å². The molecule has 1 atom stereocenters. The second-order valence-corrected chi connectivity index (χ2v) is 3.19. The number of rotatable bonds is 7. The van der Waals surface area contributed by atoms with E-state index in [9.17, 15) is 9.90 Å². The first-order valence-electron chi connectivity index (χ1n) is 5.20. The molecule has 0 fully saturated rings. The Morgan fingerprint density at radius 3 is 2.50 bits per heavy atom. The number of ether oxygens (including phenoxy) is 1. The number of carbonyl (C=O) groups is 1. The van der Waals surface area contributed by atoms with Crippen molar-refractivity contribution in [1.29, 1.82) is 0 Å². The lowest BCUT2D eigenvalue weighted by molar-refractivity contribution is -0.144. The SMILES string of the molecule is CCOC(=O)CN(CC)C[C@H](O)CC. The molecule has 0 saturated heterocycles. The lowest BCUT2D eigenvalue weighted by Gasteiger charge is -2.21. The highest BCUT2D eigenvalue weighted by molar-refractivity contribution is 5.71. The number of likely N-dealkylation sites (N-methyl/N-ethyl adjacent to an activating group) is 1. The van der Waals surface area contributed by atoms with Gasteiger partial charge in [0.15, 0.2) is 0 Å². The zero-order chi connectivity index (χ0) is 11.0. The molecule has 1 N–H and O–H groups in total. The summed E-state index contributed by atoms with van der Waals surface area (Å²) in [7, 11) is 0. The molecule has 0 saturated carbocycles. The average Bonchev–Trinajstić information content (AvgIpc) is 2.16. The van der Waals surface area contributed by atoms with Crippen LogP contribution in [0.25, 0.3) is 0 Å². The van der Waals surface area contributed by atoms with Crippen molar-refractivity contribution in [1.82, 2.24) is 4.90 Å². The van der Waals surface area contributed by atoms with Gasteiger partial charge in [-0.1, -0.05) is 13.8 Å². The third-order valence-corrected chi connectivity index (χ3v) is 2.05. The molecule has 0 unspecified atom stereocenters. The van der Waals surface area contributed by atoms with Gasteiger partial charge in [0.05, 0.1) is 19.3 Å². The third kappa shape index (κ3) is 5.94. The first kappa shape index (κ1) is 13.4. The molecular weight excluding hydrogens is 182 g/mol. The first-order chi connectivity index (χ1) is 6.63. The number of esters is 1. The number of hydrogen-bond donors (Lipinski definition) is 1. The smallest absolute Gasteiger partial charge is 0.320 e. The fraction of sp³-hybridized carbons (Fsp3) is 0.900. The molecule has 0 aromatic heterocycles. The molecule has 84 valence electrons. The molecule has 0 spiro atoms. The standard InChI is InChI=1S/C10H21NO3/c1-4-9(12)7-11(5-2)8-10(13)14-6-3/h9,12H,4-8H2,1-3H3/t9-/m1/s1. The average molecular weight is 203 g/mol.